The molecule has 2 heterocycles. The highest BCUT2D eigenvalue weighted by Gasteiger charge is 2.35. The molecule has 0 spiro atoms. The SMILES string of the molecule is Cc1ccc(NC(=O)C[C@@H]2C(=O)NCCN2C(=O)CN2CCN(C)CC2)cc1. The highest BCUT2D eigenvalue weighted by atomic mass is 16.2. The van der Waals surface area contributed by atoms with Crippen molar-refractivity contribution in [1.82, 2.24) is 20.0 Å². The lowest BCUT2D eigenvalue weighted by Crippen LogP contribution is -2.60. The fourth-order valence-electron chi connectivity index (χ4n) is 3.53. The molecule has 0 saturated carbocycles. The average Bonchev–Trinajstić information content (AvgIpc) is 2.67. The van der Waals surface area contributed by atoms with Gasteiger partial charge in [-0.05, 0) is 26.1 Å². The van der Waals surface area contributed by atoms with E-state index in [0.29, 0.717) is 18.8 Å². The summed E-state index contributed by atoms with van der Waals surface area (Å²) in [5, 5.41) is 5.58. The molecule has 2 N–H and O–H groups in total. The number of carbonyl (C=O) groups excluding carboxylic acids is 3. The smallest absolute Gasteiger partial charge is 0.243 e. The summed E-state index contributed by atoms with van der Waals surface area (Å²) in [5.74, 6) is -0.632. The van der Waals surface area contributed by atoms with Crippen molar-refractivity contribution in [1.29, 1.82) is 0 Å². The molecule has 8 nitrogen and oxygen atoms in total. The summed E-state index contributed by atoms with van der Waals surface area (Å²) in [7, 11) is 2.07. The molecule has 3 rings (SSSR count). The highest BCUT2D eigenvalue weighted by molar-refractivity contribution is 5.97. The maximum absolute atomic E-state index is 12.8. The number of nitrogens with zero attached hydrogens (tertiary/aromatic N) is 3. The molecular formula is C20H29N5O3. The standard InChI is InChI=1S/C20H29N5O3/c1-15-3-5-16(6-4-15)22-18(26)13-17-20(28)21-7-8-25(17)19(27)14-24-11-9-23(2)10-12-24/h3-6,17H,7-14H2,1-2H3,(H,21,28)(H,22,26)/t17-/m1/s1. The van der Waals surface area contributed by atoms with Gasteiger partial charge in [-0.2, -0.15) is 0 Å². The molecule has 1 atom stereocenters. The number of hydrogen-bond acceptors (Lipinski definition) is 5. The summed E-state index contributed by atoms with van der Waals surface area (Å²) in [4.78, 5) is 43.6. The Hall–Kier alpha value is -2.45. The van der Waals surface area contributed by atoms with Gasteiger partial charge in [-0.1, -0.05) is 17.7 Å². The normalized spacial score (nSPS) is 21.3. The molecule has 152 valence electrons. The number of benzene rings is 1. The quantitative estimate of drug-likeness (QED) is 0.737. The Morgan fingerprint density at radius 3 is 2.46 bits per heavy atom. The van der Waals surface area contributed by atoms with E-state index in [1.165, 1.54) is 0 Å². The first-order chi connectivity index (χ1) is 13.4. The van der Waals surface area contributed by atoms with Gasteiger partial charge in [0.15, 0.2) is 0 Å². The summed E-state index contributed by atoms with van der Waals surface area (Å²) >= 11 is 0. The van der Waals surface area contributed by atoms with E-state index < -0.39 is 6.04 Å². The first kappa shape index (κ1) is 20.3. The maximum Gasteiger partial charge on any atom is 0.243 e. The van der Waals surface area contributed by atoms with Gasteiger partial charge in [0.25, 0.3) is 0 Å². The predicted octanol–water partition coefficient (Wildman–Crippen LogP) is -0.102. The number of likely N-dealkylation sites (N-methyl/N-ethyl adjacent to an activating group) is 1. The average molecular weight is 387 g/mol. The number of hydrogen-bond donors (Lipinski definition) is 2. The zero-order valence-corrected chi connectivity index (χ0v) is 16.6. The van der Waals surface area contributed by atoms with Crippen molar-refractivity contribution in [2.45, 2.75) is 19.4 Å². The fourth-order valence-corrected chi connectivity index (χ4v) is 3.53. The Morgan fingerprint density at radius 2 is 1.79 bits per heavy atom. The first-order valence-electron chi connectivity index (χ1n) is 9.77. The molecule has 2 aliphatic rings. The third-order valence-corrected chi connectivity index (χ3v) is 5.32. The zero-order chi connectivity index (χ0) is 20.1. The van der Waals surface area contributed by atoms with E-state index in [0.717, 1.165) is 31.7 Å². The molecular weight excluding hydrogens is 358 g/mol. The van der Waals surface area contributed by atoms with Crippen LogP contribution in [0.5, 0.6) is 0 Å². The molecule has 0 radical (unpaired) electrons. The van der Waals surface area contributed by atoms with E-state index in [1.54, 1.807) is 4.90 Å². The van der Waals surface area contributed by atoms with Crippen LogP contribution in [0.4, 0.5) is 5.69 Å². The van der Waals surface area contributed by atoms with Crippen LogP contribution in [0.3, 0.4) is 0 Å². The van der Waals surface area contributed by atoms with Crippen molar-refractivity contribution < 1.29 is 14.4 Å². The zero-order valence-electron chi connectivity index (χ0n) is 16.6. The Bertz CT molecular complexity index is 713. The van der Waals surface area contributed by atoms with E-state index in [4.69, 9.17) is 0 Å². The minimum Gasteiger partial charge on any atom is -0.353 e. The molecule has 28 heavy (non-hydrogen) atoms. The van der Waals surface area contributed by atoms with Crippen molar-refractivity contribution in [3.05, 3.63) is 29.8 Å². The molecule has 1 aromatic carbocycles. The summed E-state index contributed by atoms with van der Waals surface area (Å²) in [6.45, 7) is 6.64. The second kappa shape index (κ2) is 9.16. The van der Waals surface area contributed by atoms with Crippen molar-refractivity contribution in [2.75, 3.05) is 58.2 Å². The molecule has 0 aliphatic carbocycles. The van der Waals surface area contributed by atoms with Crippen LogP contribution in [-0.2, 0) is 14.4 Å². The van der Waals surface area contributed by atoms with Gasteiger partial charge in [-0.3, -0.25) is 19.3 Å². The van der Waals surface area contributed by atoms with E-state index in [2.05, 4.69) is 27.5 Å². The molecule has 0 unspecified atom stereocenters. The minimum atomic E-state index is -0.765. The fraction of sp³-hybridized carbons (Fsp3) is 0.550. The van der Waals surface area contributed by atoms with Crippen LogP contribution in [-0.4, -0.2) is 91.3 Å². The van der Waals surface area contributed by atoms with Crippen LogP contribution in [0.2, 0.25) is 0 Å². The second-order valence-corrected chi connectivity index (χ2v) is 7.59. The maximum atomic E-state index is 12.8. The van der Waals surface area contributed by atoms with E-state index in [9.17, 15) is 14.4 Å². The van der Waals surface area contributed by atoms with Gasteiger partial charge < -0.3 is 20.4 Å². The summed E-state index contributed by atoms with van der Waals surface area (Å²) in [6.07, 6.45) is -0.0474. The van der Waals surface area contributed by atoms with Crippen molar-refractivity contribution in [3.63, 3.8) is 0 Å². The molecule has 0 bridgehead atoms. The van der Waals surface area contributed by atoms with Crippen molar-refractivity contribution >= 4 is 23.4 Å². The number of amides is 3. The molecule has 2 fully saturated rings. The number of anilines is 1. The second-order valence-electron chi connectivity index (χ2n) is 7.59. The molecule has 8 heteroatoms. The monoisotopic (exact) mass is 387 g/mol. The molecule has 2 aliphatic heterocycles. The Kier molecular flexibility index (Phi) is 6.64. The van der Waals surface area contributed by atoms with Crippen molar-refractivity contribution in [3.8, 4) is 0 Å². The number of rotatable bonds is 5. The molecule has 2 saturated heterocycles. The summed E-state index contributed by atoms with van der Waals surface area (Å²) in [5.41, 5.74) is 1.78. The largest absolute Gasteiger partial charge is 0.353 e. The summed E-state index contributed by atoms with van der Waals surface area (Å²) in [6, 6.07) is 6.71. The van der Waals surface area contributed by atoms with E-state index in [1.807, 2.05) is 31.2 Å². The van der Waals surface area contributed by atoms with Crippen molar-refractivity contribution in [2.24, 2.45) is 0 Å². The van der Waals surface area contributed by atoms with Crippen LogP contribution in [0.15, 0.2) is 24.3 Å². The van der Waals surface area contributed by atoms with Gasteiger partial charge >= 0.3 is 0 Å². The van der Waals surface area contributed by atoms with Crippen LogP contribution in [0.25, 0.3) is 0 Å². The molecule has 3 amide bonds. The number of nitrogens with one attached hydrogen (secondary N) is 2. The lowest BCUT2D eigenvalue weighted by molar-refractivity contribution is -0.145. The lowest BCUT2D eigenvalue weighted by Gasteiger charge is -2.37. The Morgan fingerprint density at radius 1 is 1.11 bits per heavy atom. The Balaban J connectivity index is 1.59. The van der Waals surface area contributed by atoms with Gasteiger partial charge in [0, 0.05) is 45.0 Å². The van der Waals surface area contributed by atoms with Gasteiger partial charge in [-0.25, -0.2) is 0 Å². The predicted molar refractivity (Wildman–Crippen MR) is 107 cm³/mol. The van der Waals surface area contributed by atoms with Crippen LogP contribution in [0, 0.1) is 6.92 Å². The third kappa shape index (κ3) is 5.30. The van der Waals surface area contributed by atoms with Gasteiger partial charge in [0.05, 0.1) is 13.0 Å². The number of carbonyl (C=O) groups is 3. The summed E-state index contributed by atoms with van der Waals surface area (Å²) < 4.78 is 0. The minimum absolute atomic E-state index is 0.0474. The van der Waals surface area contributed by atoms with E-state index in [-0.39, 0.29) is 30.7 Å². The van der Waals surface area contributed by atoms with E-state index >= 15 is 0 Å². The Labute approximate surface area is 165 Å². The number of aryl methyl sites for hydroxylation is 1. The van der Waals surface area contributed by atoms with Gasteiger partial charge in [0.1, 0.15) is 6.04 Å². The molecule has 1 aromatic rings. The lowest BCUT2D eigenvalue weighted by atomic mass is 10.1. The van der Waals surface area contributed by atoms with Crippen LogP contribution >= 0.6 is 0 Å². The first-order valence-corrected chi connectivity index (χ1v) is 9.77. The molecule has 0 aromatic heterocycles. The van der Waals surface area contributed by atoms with Gasteiger partial charge in [-0.15, -0.1) is 0 Å². The van der Waals surface area contributed by atoms with Crippen LogP contribution < -0.4 is 10.6 Å². The topological polar surface area (TPSA) is 85.0 Å². The van der Waals surface area contributed by atoms with Crippen LogP contribution in [0.1, 0.15) is 12.0 Å². The number of piperazine rings is 2. The highest BCUT2D eigenvalue weighted by Crippen LogP contribution is 2.14. The van der Waals surface area contributed by atoms with Gasteiger partial charge in [0.2, 0.25) is 17.7 Å². The third-order valence-electron chi connectivity index (χ3n) is 5.32.